The number of thiazole rings is 2. The van der Waals surface area contributed by atoms with Crippen LogP contribution in [-0.4, -0.2) is 27.3 Å². The van der Waals surface area contributed by atoms with E-state index in [0.717, 1.165) is 46.6 Å². The average molecular weight is 329 g/mol. The Kier molecular flexibility index (Phi) is 3.63. The Morgan fingerprint density at radius 2 is 2.18 bits per heavy atom. The largest absolute Gasteiger partial charge is 0.329 e. The molecule has 0 N–H and O–H groups in total. The molecule has 3 heterocycles. The first-order valence-electron chi connectivity index (χ1n) is 7.37. The fourth-order valence-corrected chi connectivity index (χ4v) is 4.62. The minimum Gasteiger partial charge on any atom is -0.329 e. The Bertz CT molecular complexity index is 797. The molecule has 1 aromatic carbocycles. The second kappa shape index (κ2) is 5.78. The lowest BCUT2D eigenvalue weighted by Gasteiger charge is -2.34. The lowest BCUT2D eigenvalue weighted by molar-refractivity contribution is 0.0613. The van der Waals surface area contributed by atoms with Gasteiger partial charge in [-0.1, -0.05) is 6.07 Å². The van der Waals surface area contributed by atoms with Gasteiger partial charge in [-0.15, -0.1) is 22.7 Å². The smallest absolute Gasteiger partial charge is 0.255 e. The molecule has 112 valence electrons. The van der Waals surface area contributed by atoms with Crippen molar-refractivity contribution in [2.24, 2.45) is 0 Å². The molecule has 4 nitrogen and oxygen atoms in total. The van der Waals surface area contributed by atoms with Gasteiger partial charge in [-0.05, 0) is 31.4 Å². The molecule has 2 aromatic heterocycles. The van der Waals surface area contributed by atoms with Gasteiger partial charge in [0.1, 0.15) is 5.01 Å². The SMILES string of the molecule is O=C(c1cccc2ncsc12)N1CCCCC1c1nccs1. The Morgan fingerprint density at radius 3 is 3.05 bits per heavy atom. The molecular formula is C16H15N3OS2. The van der Waals surface area contributed by atoms with Gasteiger partial charge >= 0.3 is 0 Å². The third-order valence-electron chi connectivity index (χ3n) is 4.09. The number of carbonyl (C=O) groups is 1. The third kappa shape index (κ3) is 2.32. The van der Waals surface area contributed by atoms with Gasteiger partial charge in [0.05, 0.1) is 27.3 Å². The molecule has 1 amide bonds. The van der Waals surface area contributed by atoms with Crippen molar-refractivity contribution in [1.82, 2.24) is 14.9 Å². The highest BCUT2D eigenvalue weighted by Crippen LogP contribution is 2.34. The molecule has 1 fully saturated rings. The van der Waals surface area contributed by atoms with E-state index >= 15 is 0 Å². The first kappa shape index (κ1) is 13.8. The normalized spacial score (nSPS) is 18.7. The summed E-state index contributed by atoms with van der Waals surface area (Å²) >= 11 is 3.17. The van der Waals surface area contributed by atoms with Gasteiger partial charge < -0.3 is 4.90 Å². The number of amides is 1. The fourth-order valence-electron chi connectivity index (χ4n) is 3.04. The van der Waals surface area contributed by atoms with E-state index in [2.05, 4.69) is 9.97 Å². The maximum Gasteiger partial charge on any atom is 0.255 e. The number of carbonyl (C=O) groups excluding carboxylic acids is 1. The lowest BCUT2D eigenvalue weighted by atomic mass is 10.0. The van der Waals surface area contributed by atoms with E-state index < -0.39 is 0 Å². The number of nitrogens with zero attached hydrogens (tertiary/aromatic N) is 3. The highest BCUT2D eigenvalue weighted by molar-refractivity contribution is 7.17. The van der Waals surface area contributed by atoms with E-state index in [1.54, 1.807) is 16.8 Å². The number of rotatable bonds is 2. The third-order valence-corrected chi connectivity index (χ3v) is 5.84. The lowest BCUT2D eigenvalue weighted by Crippen LogP contribution is -2.38. The van der Waals surface area contributed by atoms with Crippen molar-refractivity contribution in [2.45, 2.75) is 25.3 Å². The van der Waals surface area contributed by atoms with Gasteiger partial charge in [0.15, 0.2) is 0 Å². The molecular weight excluding hydrogens is 314 g/mol. The average Bonchev–Trinajstić information content (AvgIpc) is 3.25. The number of fused-ring (bicyclic) bond motifs is 1. The summed E-state index contributed by atoms with van der Waals surface area (Å²) in [5, 5.41) is 3.03. The molecule has 1 aliphatic heterocycles. The molecule has 0 radical (unpaired) electrons. The molecule has 0 aliphatic carbocycles. The number of benzene rings is 1. The molecule has 1 atom stereocenters. The van der Waals surface area contributed by atoms with E-state index in [9.17, 15) is 4.79 Å². The van der Waals surface area contributed by atoms with Crippen LogP contribution in [0.4, 0.5) is 0 Å². The van der Waals surface area contributed by atoms with E-state index in [-0.39, 0.29) is 11.9 Å². The van der Waals surface area contributed by atoms with Crippen molar-refractivity contribution < 1.29 is 4.79 Å². The summed E-state index contributed by atoms with van der Waals surface area (Å²) in [6, 6.07) is 5.90. The van der Waals surface area contributed by atoms with E-state index in [1.807, 2.05) is 34.7 Å². The molecule has 1 saturated heterocycles. The monoisotopic (exact) mass is 329 g/mol. The summed E-state index contributed by atoms with van der Waals surface area (Å²) in [7, 11) is 0. The molecule has 1 unspecified atom stereocenters. The van der Waals surface area contributed by atoms with Gasteiger partial charge in [0, 0.05) is 18.1 Å². The molecule has 3 aromatic rings. The van der Waals surface area contributed by atoms with Crippen LogP contribution in [0.25, 0.3) is 10.2 Å². The van der Waals surface area contributed by atoms with Crippen LogP contribution in [0.5, 0.6) is 0 Å². The van der Waals surface area contributed by atoms with Crippen LogP contribution in [0.2, 0.25) is 0 Å². The zero-order valence-corrected chi connectivity index (χ0v) is 13.6. The molecule has 4 rings (SSSR count). The molecule has 0 bridgehead atoms. The van der Waals surface area contributed by atoms with E-state index in [1.165, 1.54) is 11.3 Å². The van der Waals surface area contributed by atoms with Crippen molar-refractivity contribution in [3.8, 4) is 0 Å². The molecule has 0 saturated carbocycles. The summed E-state index contributed by atoms with van der Waals surface area (Å²) in [5.41, 5.74) is 3.47. The first-order chi connectivity index (χ1) is 10.8. The van der Waals surface area contributed by atoms with Crippen LogP contribution in [0.15, 0.2) is 35.3 Å². The van der Waals surface area contributed by atoms with Gasteiger partial charge in [-0.25, -0.2) is 9.97 Å². The molecule has 0 spiro atoms. The quantitative estimate of drug-likeness (QED) is 0.710. The number of hydrogen-bond acceptors (Lipinski definition) is 5. The second-order valence-electron chi connectivity index (χ2n) is 5.39. The van der Waals surface area contributed by atoms with Crippen LogP contribution in [0, 0.1) is 0 Å². The Balaban J connectivity index is 1.72. The zero-order valence-electron chi connectivity index (χ0n) is 11.9. The van der Waals surface area contributed by atoms with Crippen LogP contribution in [0.1, 0.15) is 40.7 Å². The summed E-state index contributed by atoms with van der Waals surface area (Å²) in [4.78, 5) is 23.8. The summed E-state index contributed by atoms with van der Waals surface area (Å²) in [6.07, 6.45) is 5.03. The van der Waals surface area contributed by atoms with Crippen molar-refractivity contribution in [3.05, 3.63) is 45.9 Å². The highest BCUT2D eigenvalue weighted by atomic mass is 32.1. The topological polar surface area (TPSA) is 46.1 Å². The van der Waals surface area contributed by atoms with Crippen LogP contribution < -0.4 is 0 Å². The highest BCUT2D eigenvalue weighted by Gasteiger charge is 2.31. The van der Waals surface area contributed by atoms with Crippen LogP contribution in [0.3, 0.4) is 0 Å². The van der Waals surface area contributed by atoms with Gasteiger partial charge in [-0.3, -0.25) is 4.79 Å². The minimum atomic E-state index is 0.106. The zero-order chi connectivity index (χ0) is 14.9. The van der Waals surface area contributed by atoms with Crippen LogP contribution >= 0.6 is 22.7 Å². The number of piperidine rings is 1. The molecule has 22 heavy (non-hydrogen) atoms. The summed E-state index contributed by atoms with van der Waals surface area (Å²) < 4.78 is 0.982. The minimum absolute atomic E-state index is 0.106. The van der Waals surface area contributed by atoms with E-state index in [0.29, 0.717) is 0 Å². The number of likely N-dealkylation sites (tertiary alicyclic amines) is 1. The fraction of sp³-hybridized carbons (Fsp3) is 0.312. The molecule has 1 aliphatic rings. The second-order valence-corrected chi connectivity index (χ2v) is 7.17. The first-order valence-corrected chi connectivity index (χ1v) is 9.13. The molecule has 6 heteroatoms. The predicted octanol–water partition coefficient (Wildman–Crippen LogP) is 4.12. The van der Waals surface area contributed by atoms with E-state index in [4.69, 9.17) is 0 Å². The number of hydrogen-bond donors (Lipinski definition) is 0. The Hall–Kier alpha value is -1.79. The maximum absolute atomic E-state index is 13.1. The van der Waals surface area contributed by atoms with Crippen molar-refractivity contribution in [1.29, 1.82) is 0 Å². The predicted molar refractivity (Wildman–Crippen MR) is 89.4 cm³/mol. The standard InChI is InChI=1S/C16H15N3OS2/c20-16(11-4-3-5-12-14(11)22-10-18-12)19-8-2-1-6-13(19)15-17-7-9-21-15/h3-5,7,9-10,13H,1-2,6,8H2. The number of aromatic nitrogens is 2. The summed E-state index contributed by atoms with van der Waals surface area (Å²) in [6.45, 7) is 0.804. The Labute approximate surface area is 136 Å². The van der Waals surface area contributed by atoms with Gasteiger partial charge in [-0.2, -0.15) is 0 Å². The van der Waals surface area contributed by atoms with Crippen molar-refractivity contribution in [3.63, 3.8) is 0 Å². The summed E-state index contributed by atoms with van der Waals surface area (Å²) in [5.74, 6) is 0.106. The van der Waals surface area contributed by atoms with Gasteiger partial charge in [0.2, 0.25) is 0 Å². The van der Waals surface area contributed by atoms with Crippen molar-refractivity contribution >= 4 is 38.8 Å². The van der Waals surface area contributed by atoms with Crippen LogP contribution in [-0.2, 0) is 0 Å². The van der Waals surface area contributed by atoms with Gasteiger partial charge in [0.25, 0.3) is 5.91 Å². The van der Waals surface area contributed by atoms with Crippen molar-refractivity contribution in [2.75, 3.05) is 6.54 Å². The maximum atomic E-state index is 13.1. The Morgan fingerprint density at radius 1 is 1.23 bits per heavy atom.